The fourth-order valence-corrected chi connectivity index (χ4v) is 2.50. The predicted octanol–water partition coefficient (Wildman–Crippen LogP) is 2.94. The van der Waals surface area contributed by atoms with E-state index >= 15 is 0 Å². The van der Waals surface area contributed by atoms with Crippen LogP contribution < -0.4 is 0 Å². The van der Waals surface area contributed by atoms with Crippen molar-refractivity contribution in [3.8, 4) is 0 Å². The average molecular weight is 188 g/mol. The maximum absolute atomic E-state index is 10.5. The SMILES string of the molecule is CC1c2ccccc2CCC1CC=O. The van der Waals surface area contributed by atoms with Gasteiger partial charge in [0, 0.05) is 6.42 Å². The average Bonchev–Trinajstić information content (AvgIpc) is 2.23. The van der Waals surface area contributed by atoms with Crippen LogP contribution >= 0.6 is 0 Å². The first-order valence-electron chi connectivity index (χ1n) is 5.34. The number of benzene rings is 1. The Labute approximate surface area is 85.1 Å². The van der Waals surface area contributed by atoms with Crippen molar-refractivity contribution in [2.45, 2.75) is 32.1 Å². The van der Waals surface area contributed by atoms with Crippen molar-refractivity contribution in [1.82, 2.24) is 0 Å². The van der Waals surface area contributed by atoms with E-state index in [1.165, 1.54) is 11.1 Å². The predicted molar refractivity (Wildman–Crippen MR) is 57.3 cm³/mol. The Kier molecular flexibility index (Phi) is 2.67. The first-order valence-corrected chi connectivity index (χ1v) is 5.34. The van der Waals surface area contributed by atoms with E-state index in [-0.39, 0.29) is 0 Å². The molecule has 2 rings (SSSR count). The summed E-state index contributed by atoms with van der Waals surface area (Å²) in [6.45, 7) is 2.24. The second-order valence-electron chi connectivity index (χ2n) is 4.19. The molecule has 0 saturated carbocycles. The minimum atomic E-state index is 0.546. The zero-order valence-electron chi connectivity index (χ0n) is 8.57. The van der Waals surface area contributed by atoms with Crippen LogP contribution in [0.25, 0.3) is 0 Å². The lowest BCUT2D eigenvalue weighted by molar-refractivity contribution is -0.108. The third-order valence-electron chi connectivity index (χ3n) is 3.44. The van der Waals surface area contributed by atoms with E-state index < -0.39 is 0 Å². The van der Waals surface area contributed by atoms with Crippen LogP contribution in [0.2, 0.25) is 0 Å². The summed E-state index contributed by atoms with van der Waals surface area (Å²) >= 11 is 0. The highest BCUT2D eigenvalue weighted by atomic mass is 16.1. The number of hydrogen-bond acceptors (Lipinski definition) is 1. The van der Waals surface area contributed by atoms with Crippen LogP contribution in [-0.4, -0.2) is 6.29 Å². The standard InChI is InChI=1S/C13H16O/c1-10-11(8-9-14)6-7-12-4-2-3-5-13(10)12/h2-5,9-11H,6-8H2,1H3. The second-order valence-corrected chi connectivity index (χ2v) is 4.19. The molecule has 2 unspecified atom stereocenters. The van der Waals surface area contributed by atoms with Crippen LogP contribution in [0.3, 0.4) is 0 Å². The van der Waals surface area contributed by atoms with Gasteiger partial charge in [0.25, 0.3) is 0 Å². The quantitative estimate of drug-likeness (QED) is 0.652. The van der Waals surface area contributed by atoms with Crippen molar-refractivity contribution in [3.05, 3.63) is 35.4 Å². The third kappa shape index (κ3) is 1.59. The summed E-state index contributed by atoms with van der Waals surface area (Å²) in [5.41, 5.74) is 2.92. The monoisotopic (exact) mass is 188 g/mol. The van der Waals surface area contributed by atoms with E-state index in [2.05, 4.69) is 31.2 Å². The van der Waals surface area contributed by atoms with E-state index in [1.807, 2.05) is 0 Å². The number of hydrogen-bond donors (Lipinski definition) is 0. The molecular weight excluding hydrogens is 172 g/mol. The fourth-order valence-electron chi connectivity index (χ4n) is 2.50. The van der Waals surface area contributed by atoms with Gasteiger partial charge < -0.3 is 4.79 Å². The molecule has 14 heavy (non-hydrogen) atoms. The van der Waals surface area contributed by atoms with E-state index in [0.29, 0.717) is 11.8 Å². The molecule has 0 heterocycles. The molecule has 0 spiro atoms. The molecular formula is C13H16O. The molecule has 1 aromatic rings. The minimum absolute atomic E-state index is 0.546. The smallest absolute Gasteiger partial charge is 0.120 e. The highest BCUT2D eigenvalue weighted by molar-refractivity contribution is 5.50. The Morgan fingerprint density at radius 1 is 1.43 bits per heavy atom. The van der Waals surface area contributed by atoms with Gasteiger partial charge in [0.2, 0.25) is 0 Å². The molecule has 74 valence electrons. The highest BCUT2D eigenvalue weighted by Crippen LogP contribution is 2.36. The normalized spacial score (nSPS) is 25.5. The van der Waals surface area contributed by atoms with Gasteiger partial charge in [-0.2, -0.15) is 0 Å². The Morgan fingerprint density at radius 2 is 2.21 bits per heavy atom. The van der Waals surface area contributed by atoms with E-state index in [4.69, 9.17) is 0 Å². The Morgan fingerprint density at radius 3 is 3.00 bits per heavy atom. The molecule has 0 radical (unpaired) electrons. The van der Waals surface area contributed by atoms with Crippen LogP contribution in [0.5, 0.6) is 0 Å². The molecule has 0 bridgehead atoms. The molecule has 1 aliphatic carbocycles. The third-order valence-corrected chi connectivity index (χ3v) is 3.44. The number of aldehydes is 1. The van der Waals surface area contributed by atoms with Gasteiger partial charge in [-0.25, -0.2) is 0 Å². The first-order chi connectivity index (χ1) is 6.83. The van der Waals surface area contributed by atoms with E-state index in [9.17, 15) is 4.79 Å². The molecule has 0 saturated heterocycles. The molecule has 0 fully saturated rings. The number of carbonyl (C=O) groups is 1. The Bertz CT molecular complexity index is 330. The summed E-state index contributed by atoms with van der Waals surface area (Å²) in [5, 5.41) is 0. The lowest BCUT2D eigenvalue weighted by Crippen LogP contribution is -2.18. The molecule has 0 amide bonds. The van der Waals surface area contributed by atoms with Gasteiger partial charge in [-0.3, -0.25) is 0 Å². The van der Waals surface area contributed by atoms with Crippen molar-refractivity contribution in [2.24, 2.45) is 5.92 Å². The molecule has 0 aromatic heterocycles. The molecule has 1 nitrogen and oxygen atoms in total. The molecule has 1 aromatic carbocycles. The molecule has 1 heteroatoms. The molecule has 0 aliphatic heterocycles. The minimum Gasteiger partial charge on any atom is -0.303 e. The van der Waals surface area contributed by atoms with Gasteiger partial charge in [0.05, 0.1) is 0 Å². The van der Waals surface area contributed by atoms with Crippen molar-refractivity contribution < 1.29 is 4.79 Å². The topological polar surface area (TPSA) is 17.1 Å². The van der Waals surface area contributed by atoms with Crippen molar-refractivity contribution in [3.63, 3.8) is 0 Å². The fraction of sp³-hybridized carbons (Fsp3) is 0.462. The zero-order chi connectivity index (χ0) is 9.97. The van der Waals surface area contributed by atoms with Crippen molar-refractivity contribution >= 4 is 6.29 Å². The van der Waals surface area contributed by atoms with E-state index in [0.717, 1.165) is 25.5 Å². The summed E-state index contributed by atoms with van der Waals surface area (Å²) in [5.74, 6) is 1.10. The van der Waals surface area contributed by atoms with Crippen LogP contribution in [0.4, 0.5) is 0 Å². The van der Waals surface area contributed by atoms with Gasteiger partial charge in [-0.05, 0) is 35.8 Å². The largest absolute Gasteiger partial charge is 0.303 e. The van der Waals surface area contributed by atoms with Crippen LogP contribution in [0.15, 0.2) is 24.3 Å². The summed E-state index contributed by atoms with van der Waals surface area (Å²) in [6.07, 6.45) is 4.08. The Balaban J connectivity index is 2.26. The molecule has 0 N–H and O–H groups in total. The summed E-state index contributed by atoms with van der Waals surface area (Å²) in [7, 11) is 0. The number of fused-ring (bicyclic) bond motifs is 1. The van der Waals surface area contributed by atoms with Crippen LogP contribution in [0.1, 0.15) is 36.8 Å². The second kappa shape index (κ2) is 3.95. The maximum Gasteiger partial charge on any atom is 0.120 e. The lowest BCUT2D eigenvalue weighted by atomic mass is 9.75. The van der Waals surface area contributed by atoms with Gasteiger partial charge in [-0.15, -0.1) is 0 Å². The Hall–Kier alpha value is -1.11. The van der Waals surface area contributed by atoms with Crippen LogP contribution in [0, 0.1) is 5.92 Å². The maximum atomic E-state index is 10.5. The summed E-state index contributed by atoms with van der Waals surface area (Å²) < 4.78 is 0. The van der Waals surface area contributed by atoms with Crippen molar-refractivity contribution in [1.29, 1.82) is 0 Å². The zero-order valence-corrected chi connectivity index (χ0v) is 8.57. The number of rotatable bonds is 2. The molecule has 2 atom stereocenters. The van der Waals surface area contributed by atoms with Gasteiger partial charge in [-0.1, -0.05) is 31.2 Å². The van der Waals surface area contributed by atoms with Gasteiger partial charge in [0.1, 0.15) is 6.29 Å². The van der Waals surface area contributed by atoms with Crippen molar-refractivity contribution in [2.75, 3.05) is 0 Å². The van der Waals surface area contributed by atoms with Gasteiger partial charge in [0.15, 0.2) is 0 Å². The number of carbonyl (C=O) groups excluding carboxylic acids is 1. The lowest BCUT2D eigenvalue weighted by Gasteiger charge is -2.29. The first kappa shape index (κ1) is 9.45. The summed E-state index contributed by atoms with van der Waals surface area (Å²) in [4.78, 5) is 10.5. The molecule has 1 aliphatic rings. The summed E-state index contributed by atoms with van der Waals surface area (Å²) in [6, 6.07) is 8.62. The van der Waals surface area contributed by atoms with E-state index in [1.54, 1.807) is 0 Å². The van der Waals surface area contributed by atoms with Crippen LogP contribution in [-0.2, 0) is 11.2 Å². The highest BCUT2D eigenvalue weighted by Gasteiger charge is 2.24. The number of aryl methyl sites for hydroxylation is 1. The van der Waals surface area contributed by atoms with Gasteiger partial charge >= 0.3 is 0 Å².